The molecule has 0 radical (unpaired) electrons. The highest BCUT2D eigenvalue weighted by Gasteiger charge is 2.34. The van der Waals surface area contributed by atoms with Gasteiger partial charge in [-0.1, -0.05) is 5.16 Å². The van der Waals surface area contributed by atoms with E-state index in [4.69, 9.17) is 18.4 Å². The molecule has 0 unspecified atom stereocenters. The van der Waals surface area contributed by atoms with E-state index in [0.717, 1.165) is 11.0 Å². The fourth-order valence-electron chi connectivity index (χ4n) is 2.78. The van der Waals surface area contributed by atoms with Gasteiger partial charge in [0.25, 0.3) is 0 Å². The second-order valence-corrected chi connectivity index (χ2v) is 7.66. The molecule has 1 fully saturated rings. The van der Waals surface area contributed by atoms with Crippen LogP contribution in [0.2, 0.25) is 0 Å². The summed E-state index contributed by atoms with van der Waals surface area (Å²) in [5.74, 6) is 1.40. The van der Waals surface area contributed by atoms with E-state index in [1.165, 1.54) is 0 Å². The van der Waals surface area contributed by atoms with Gasteiger partial charge in [-0.2, -0.15) is 4.98 Å². The van der Waals surface area contributed by atoms with E-state index >= 15 is 0 Å². The summed E-state index contributed by atoms with van der Waals surface area (Å²) in [5, 5.41) is 4.84. The Bertz CT molecular complexity index is 935. The molecule has 3 aromatic rings. The number of nitrogens with zero attached hydrogens (tertiary/aromatic N) is 4. The normalized spacial score (nSPS) is 15.0. The van der Waals surface area contributed by atoms with Gasteiger partial charge >= 0.3 is 6.09 Å². The molecule has 4 heterocycles. The van der Waals surface area contributed by atoms with Crippen molar-refractivity contribution in [2.75, 3.05) is 19.7 Å². The largest absolute Gasteiger partial charge is 0.452 e. The van der Waals surface area contributed by atoms with Crippen molar-refractivity contribution in [1.29, 1.82) is 0 Å². The van der Waals surface area contributed by atoms with Crippen LogP contribution in [-0.2, 0) is 15.9 Å². The van der Waals surface area contributed by atoms with Gasteiger partial charge in [0.2, 0.25) is 11.7 Å². The number of hydrogen-bond acceptors (Lipinski definition) is 8. The highest BCUT2D eigenvalue weighted by atomic mass is 16.6. The first-order valence-electron chi connectivity index (χ1n) is 9.13. The zero-order valence-corrected chi connectivity index (χ0v) is 16.0. The highest BCUT2D eigenvalue weighted by molar-refractivity contribution is 5.80. The Hall–Kier alpha value is -2.94. The van der Waals surface area contributed by atoms with E-state index in [1.807, 2.05) is 26.8 Å². The van der Waals surface area contributed by atoms with Crippen LogP contribution in [0, 0.1) is 0 Å². The topological polar surface area (TPSA) is 104 Å². The Morgan fingerprint density at radius 2 is 2.18 bits per heavy atom. The zero-order valence-electron chi connectivity index (χ0n) is 16.0. The number of furan rings is 1. The van der Waals surface area contributed by atoms with Gasteiger partial charge in [0, 0.05) is 17.8 Å². The van der Waals surface area contributed by atoms with E-state index in [9.17, 15) is 4.79 Å². The van der Waals surface area contributed by atoms with Crippen LogP contribution in [0.25, 0.3) is 22.6 Å². The Labute approximate surface area is 161 Å². The maximum Gasteiger partial charge on any atom is 0.410 e. The molecule has 0 saturated carbocycles. The fraction of sp³-hybridized carbons (Fsp3) is 0.474. The van der Waals surface area contributed by atoms with Crippen molar-refractivity contribution in [3.05, 3.63) is 30.4 Å². The van der Waals surface area contributed by atoms with E-state index in [1.54, 1.807) is 23.4 Å². The van der Waals surface area contributed by atoms with Crippen LogP contribution in [0.1, 0.15) is 26.7 Å². The summed E-state index contributed by atoms with van der Waals surface area (Å²) in [6.45, 7) is 7.02. The lowest BCUT2D eigenvalue weighted by molar-refractivity contribution is -0.0630. The van der Waals surface area contributed by atoms with Gasteiger partial charge < -0.3 is 23.3 Å². The summed E-state index contributed by atoms with van der Waals surface area (Å²) in [6.07, 6.45) is 3.56. The quantitative estimate of drug-likeness (QED) is 0.659. The predicted molar refractivity (Wildman–Crippen MR) is 98.6 cm³/mol. The summed E-state index contributed by atoms with van der Waals surface area (Å²) in [7, 11) is 0. The lowest BCUT2D eigenvalue weighted by atomic mass is 10.2. The number of carbonyl (C=O) groups is 1. The van der Waals surface area contributed by atoms with E-state index in [0.29, 0.717) is 43.6 Å². The molecule has 28 heavy (non-hydrogen) atoms. The predicted octanol–water partition coefficient (Wildman–Crippen LogP) is 3.06. The lowest BCUT2D eigenvalue weighted by Gasteiger charge is -2.39. The zero-order chi connectivity index (χ0) is 19.7. The number of carbonyl (C=O) groups excluding carboxylic acids is 1. The first-order chi connectivity index (χ1) is 13.4. The fourth-order valence-corrected chi connectivity index (χ4v) is 2.78. The van der Waals surface area contributed by atoms with Crippen LogP contribution in [-0.4, -0.2) is 57.5 Å². The SMILES string of the molecule is CC(C)(C)OC(=O)N1CC(OCCc2nc(-c3cc4cnccc4o3)no2)C1. The molecular weight excluding hydrogens is 364 g/mol. The third kappa shape index (κ3) is 4.14. The van der Waals surface area contributed by atoms with Crippen LogP contribution < -0.4 is 0 Å². The molecule has 4 rings (SSSR count). The number of likely N-dealkylation sites (tertiary alicyclic amines) is 1. The van der Waals surface area contributed by atoms with Crippen LogP contribution in [0.3, 0.4) is 0 Å². The average molecular weight is 386 g/mol. The third-order valence-electron chi connectivity index (χ3n) is 4.17. The summed E-state index contributed by atoms with van der Waals surface area (Å²) in [5.41, 5.74) is 0.230. The van der Waals surface area contributed by atoms with Crippen molar-refractivity contribution in [1.82, 2.24) is 20.0 Å². The molecule has 0 N–H and O–H groups in total. The van der Waals surface area contributed by atoms with Gasteiger partial charge in [0.15, 0.2) is 5.76 Å². The Morgan fingerprint density at radius 1 is 1.36 bits per heavy atom. The lowest BCUT2D eigenvalue weighted by Crippen LogP contribution is -2.56. The standard InChI is InChI=1S/C19H22N4O5/c1-19(2,3)27-18(24)23-10-13(11-23)25-7-5-16-21-17(22-28-16)15-8-12-9-20-6-4-14(12)26-15/h4,6,8-9,13H,5,7,10-11H2,1-3H3. The average Bonchev–Trinajstić information content (AvgIpc) is 3.21. The van der Waals surface area contributed by atoms with Crippen LogP contribution in [0.4, 0.5) is 4.79 Å². The number of rotatable bonds is 5. The number of ether oxygens (including phenoxy) is 2. The maximum atomic E-state index is 11.9. The molecule has 0 spiro atoms. The van der Waals surface area contributed by atoms with Gasteiger partial charge in [-0.25, -0.2) is 4.79 Å². The minimum absolute atomic E-state index is 0.00205. The van der Waals surface area contributed by atoms with Gasteiger partial charge in [0.1, 0.15) is 11.2 Å². The summed E-state index contributed by atoms with van der Waals surface area (Å²) in [6, 6.07) is 3.61. The minimum Gasteiger partial charge on any atom is -0.452 e. The van der Waals surface area contributed by atoms with E-state index < -0.39 is 5.60 Å². The second kappa shape index (κ2) is 7.23. The molecule has 0 aliphatic carbocycles. The van der Waals surface area contributed by atoms with Crippen molar-refractivity contribution in [3.8, 4) is 11.6 Å². The molecule has 0 atom stereocenters. The molecule has 0 aromatic carbocycles. The molecule has 9 nitrogen and oxygen atoms in total. The molecule has 0 bridgehead atoms. The van der Waals surface area contributed by atoms with Crippen LogP contribution in [0.5, 0.6) is 0 Å². The Kier molecular flexibility index (Phi) is 4.76. The first kappa shape index (κ1) is 18.4. The summed E-state index contributed by atoms with van der Waals surface area (Å²) >= 11 is 0. The molecule has 9 heteroatoms. The smallest absolute Gasteiger partial charge is 0.410 e. The number of aromatic nitrogens is 3. The number of hydrogen-bond donors (Lipinski definition) is 0. The van der Waals surface area contributed by atoms with Crippen molar-refractivity contribution >= 4 is 17.1 Å². The molecular formula is C19H22N4O5. The van der Waals surface area contributed by atoms with Crippen LogP contribution >= 0.6 is 0 Å². The van der Waals surface area contributed by atoms with Gasteiger partial charge in [-0.05, 0) is 32.9 Å². The van der Waals surface area contributed by atoms with E-state index in [2.05, 4.69) is 15.1 Å². The number of pyridine rings is 1. The summed E-state index contributed by atoms with van der Waals surface area (Å²) < 4.78 is 22.0. The van der Waals surface area contributed by atoms with Gasteiger partial charge in [0.05, 0.1) is 32.2 Å². The van der Waals surface area contributed by atoms with Crippen molar-refractivity contribution in [3.63, 3.8) is 0 Å². The first-order valence-corrected chi connectivity index (χ1v) is 9.13. The Balaban J connectivity index is 1.23. The molecule has 3 aromatic heterocycles. The molecule has 148 valence electrons. The van der Waals surface area contributed by atoms with Gasteiger partial charge in [-0.15, -0.1) is 0 Å². The van der Waals surface area contributed by atoms with E-state index in [-0.39, 0.29) is 12.2 Å². The molecule has 1 aliphatic rings. The molecule has 1 saturated heterocycles. The van der Waals surface area contributed by atoms with Gasteiger partial charge in [-0.3, -0.25) is 4.98 Å². The minimum atomic E-state index is -0.491. The van der Waals surface area contributed by atoms with Crippen molar-refractivity contribution in [2.24, 2.45) is 0 Å². The monoisotopic (exact) mass is 386 g/mol. The third-order valence-corrected chi connectivity index (χ3v) is 4.17. The maximum absolute atomic E-state index is 11.9. The summed E-state index contributed by atoms with van der Waals surface area (Å²) in [4.78, 5) is 21.9. The van der Waals surface area contributed by atoms with Crippen molar-refractivity contribution in [2.45, 2.75) is 38.9 Å². The Morgan fingerprint density at radius 3 is 2.93 bits per heavy atom. The van der Waals surface area contributed by atoms with Crippen molar-refractivity contribution < 1.29 is 23.2 Å². The number of amides is 1. The van der Waals surface area contributed by atoms with Crippen LogP contribution in [0.15, 0.2) is 33.5 Å². The molecule has 1 amide bonds. The molecule has 1 aliphatic heterocycles. The highest BCUT2D eigenvalue weighted by Crippen LogP contribution is 2.25. The number of fused-ring (bicyclic) bond motifs is 1. The second-order valence-electron chi connectivity index (χ2n) is 7.66.